The Bertz CT molecular complexity index is 859. The molecule has 4 nitrogen and oxygen atoms in total. The molecule has 0 spiro atoms. The van der Waals surface area contributed by atoms with Crippen LogP contribution >= 0.6 is 34.3 Å². The van der Waals surface area contributed by atoms with Crippen LogP contribution in [0.15, 0.2) is 35.8 Å². The summed E-state index contributed by atoms with van der Waals surface area (Å²) in [4.78, 5) is 21.6. The first-order chi connectivity index (χ1) is 12.1. The lowest BCUT2D eigenvalue weighted by molar-refractivity contribution is 0.0957. The maximum atomic E-state index is 12.2. The van der Waals surface area contributed by atoms with Crippen LogP contribution in [-0.4, -0.2) is 22.4 Å². The molecule has 2 heterocycles. The predicted molar refractivity (Wildman–Crippen MR) is 105 cm³/mol. The number of hydrogen-bond acceptors (Lipinski definition) is 5. The average Bonchev–Trinajstić information content (AvgIpc) is 3.24. The Morgan fingerprint density at radius 1 is 1.28 bits per heavy atom. The summed E-state index contributed by atoms with van der Waals surface area (Å²) in [5.41, 5.74) is 1.93. The van der Waals surface area contributed by atoms with E-state index in [1.807, 2.05) is 31.2 Å². The standard InChI is InChI=1S/C18H18ClN3OS2/c1-12-11-24-16(22-12)8-4-5-9-20-17(23)15-10-21-18(25-15)13-6-2-3-7-14(13)19/h2-3,6-7,10-11H,4-5,8-9H2,1H3,(H,20,23). The molecule has 0 aliphatic heterocycles. The van der Waals surface area contributed by atoms with Crippen LogP contribution in [0.5, 0.6) is 0 Å². The van der Waals surface area contributed by atoms with Crippen molar-refractivity contribution in [2.75, 3.05) is 6.54 Å². The third kappa shape index (κ3) is 4.87. The first-order valence-corrected chi connectivity index (χ1v) is 10.1. The Morgan fingerprint density at radius 2 is 2.12 bits per heavy atom. The molecule has 0 saturated heterocycles. The van der Waals surface area contributed by atoms with E-state index in [1.54, 1.807) is 17.5 Å². The van der Waals surface area contributed by atoms with Gasteiger partial charge in [-0.25, -0.2) is 9.97 Å². The monoisotopic (exact) mass is 391 g/mol. The molecule has 0 radical (unpaired) electrons. The van der Waals surface area contributed by atoms with Crippen molar-refractivity contribution in [2.45, 2.75) is 26.2 Å². The fourth-order valence-electron chi connectivity index (χ4n) is 2.35. The van der Waals surface area contributed by atoms with Crippen molar-refractivity contribution in [1.82, 2.24) is 15.3 Å². The van der Waals surface area contributed by atoms with Gasteiger partial charge in [-0.1, -0.05) is 29.8 Å². The zero-order valence-corrected chi connectivity index (χ0v) is 16.2. The van der Waals surface area contributed by atoms with Crippen molar-refractivity contribution < 1.29 is 4.79 Å². The van der Waals surface area contributed by atoms with Crippen LogP contribution < -0.4 is 5.32 Å². The van der Waals surface area contributed by atoms with Gasteiger partial charge in [0.05, 0.1) is 16.2 Å². The molecular weight excluding hydrogens is 374 g/mol. The first kappa shape index (κ1) is 18.0. The second kappa shape index (κ2) is 8.56. The van der Waals surface area contributed by atoms with Crippen LogP contribution in [-0.2, 0) is 6.42 Å². The number of halogens is 1. The third-order valence-electron chi connectivity index (χ3n) is 3.60. The summed E-state index contributed by atoms with van der Waals surface area (Å²) in [6.07, 6.45) is 4.52. The molecular formula is C18H18ClN3OS2. The quantitative estimate of drug-likeness (QED) is 0.578. The van der Waals surface area contributed by atoms with Gasteiger partial charge in [-0.05, 0) is 32.3 Å². The maximum Gasteiger partial charge on any atom is 0.263 e. The van der Waals surface area contributed by atoms with Crippen molar-refractivity contribution in [2.24, 2.45) is 0 Å². The van der Waals surface area contributed by atoms with Crippen molar-refractivity contribution in [3.8, 4) is 10.6 Å². The molecule has 130 valence electrons. The van der Waals surface area contributed by atoms with Crippen LogP contribution in [0.1, 0.15) is 33.2 Å². The summed E-state index contributed by atoms with van der Waals surface area (Å²) in [7, 11) is 0. The van der Waals surface area contributed by atoms with Gasteiger partial charge in [-0.2, -0.15) is 0 Å². The van der Waals surface area contributed by atoms with Crippen molar-refractivity contribution in [3.63, 3.8) is 0 Å². The number of amides is 1. The van der Waals surface area contributed by atoms with E-state index < -0.39 is 0 Å². The number of unbranched alkanes of at least 4 members (excludes halogenated alkanes) is 1. The summed E-state index contributed by atoms with van der Waals surface area (Å²) in [5, 5.41) is 7.58. The molecule has 7 heteroatoms. The van der Waals surface area contributed by atoms with Gasteiger partial charge in [0, 0.05) is 23.2 Å². The van der Waals surface area contributed by atoms with Gasteiger partial charge < -0.3 is 5.32 Å². The van der Waals surface area contributed by atoms with Crippen LogP contribution in [0.3, 0.4) is 0 Å². The van der Waals surface area contributed by atoms with Gasteiger partial charge in [-0.15, -0.1) is 22.7 Å². The van der Waals surface area contributed by atoms with Crippen molar-refractivity contribution in [1.29, 1.82) is 0 Å². The lowest BCUT2D eigenvalue weighted by atomic mass is 10.2. The molecule has 3 rings (SSSR count). The summed E-state index contributed by atoms with van der Waals surface area (Å²) < 4.78 is 0. The van der Waals surface area contributed by atoms with Gasteiger partial charge in [0.25, 0.3) is 5.91 Å². The normalized spacial score (nSPS) is 10.8. The number of aromatic nitrogens is 2. The van der Waals surface area contributed by atoms with Crippen molar-refractivity contribution in [3.05, 3.63) is 56.4 Å². The maximum absolute atomic E-state index is 12.2. The fraction of sp³-hybridized carbons (Fsp3) is 0.278. The van der Waals surface area contributed by atoms with E-state index in [9.17, 15) is 4.79 Å². The number of carbonyl (C=O) groups is 1. The summed E-state index contributed by atoms with van der Waals surface area (Å²) in [6, 6.07) is 7.51. The lowest BCUT2D eigenvalue weighted by Crippen LogP contribution is -2.23. The SMILES string of the molecule is Cc1csc(CCCCNC(=O)c2cnc(-c3ccccc3Cl)s2)n1. The first-order valence-electron chi connectivity index (χ1n) is 8.03. The number of benzene rings is 1. The highest BCUT2D eigenvalue weighted by Gasteiger charge is 2.13. The molecule has 0 bridgehead atoms. The zero-order valence-electron chi connectivity index (χ0n) is 13.8. The molecule has 0 fully saturated rings. The van der Waals surface area contributed by atoms with Crippen LogP contribution in [0.2, 0.25) is 5.02 Å². The lowest BCUT2D eigenvalue weighted by Gasteiger charge is -2.02. The Balaban J connectivity index is 1.46. The Kier molecular flexibility index (Phi) is 6.18. The van der Waals surface area contributed by atoms with Gasteiger partial charge in [-0.3, -0.25) is 4.79 Å². The highest BCUT2D eigenvalue weighted by atomic mass is 35.5. The van der Waals surface area contributed by atoms with Crippen LogP contribution in [0.4, 0.5) is 0 Å². The molecule has 1 amide bonds. The van der Waals surface area contributed by atoms with E-state index in [-0.39, 0.29) is 5.91 Å². The number of hydrogen-bond donors (Lipinski definition) is 1. The molecule has 25 heavy (non-hydrogen) atoms. The second-order valence-electron chi connectivity index (χ2n) is 5.61. The topological polar surface area (TPSA) is 54.9 Å². The number of aryl methyl sites for hydroxylation is 2. The van der Waals surface area contributed by atoms with E-state index in [0.29, 0.717) is 16.4 Å². The Labute approximate surface area is 159 Å². The Hall–Kier alpha value is -1.76. The van der Waals surface area contributed by atoms with E-state index in [2.05, 4.69) is 20.7 Å². The summed E-state index contributed by atoms with van der Waals surface area (Å²) >= 11 is 9.23. The highest BCUT2D eigenvalue weighted by molar-refractivity contribution is 7.17. The summed E-state index contributed by atoms with van der Waals surface area (Å²) in [6.45, 7) is 2.66. The number of rotatable bonds is 7. The van der Waals surface area contributed by atoms with E-state index >= 15 is 0 Å². The molecule has 0 aliphatic rings. The Morgan fingerprint density at radius 3 is 2.88 bits per heavy atom. The smallest absolute Gasteiger partial charge is 0.263 e. The molecule has 2 aromatic heterocycles. The number of thiazole rings is 2. The minimum absolute atomic E-state index is 0.0825. The van der Waals surface area contributed by atoms with Gasteiger partial charge in [0.1, 0.15) is 9.88 Å². The van der Waals surface area contributed by atoms with Crippen LogP contribution in [0.25, 0.3) is 10.6 Å². The predicted octanol–water partition coefficient (Wildman–Crippen LogP) is 4.98. The van der Waals surface area contributed by atoms with Crippen molar-refractivity contribution >= 4 is 40.2 Å². The highest BCUT2D eigenvalue weighted by Crippen LogP contribution is 2.30. The minimum Gasteiger partial charge on any atom is -0.351 e. The van der Waals surface area contributed by atoms with E-state index in [1.165, 1.54) is 11.3 Å². The van der Waals surface area contributed by atoms with Gasteiger partial charge in [0.2, 0.25) is 0 Å². The fourth-order valence-corrected chi connectivity index (χ4v) is 4.32. The number of nitrogens with zero attached hydrogens (tertiary/aromatic N) is 2. The van der Waals surface area contributed by atoms with Gasteiger partial charge >= 0.3 is 0 Å². The zero-order chi connectivity index (χ0) is 17.6. The molecule has 0 aliphatic carbocycles. The second-order valence-corrected chi connectivity index (χ2v) is 7.99. The van der Waals surface area contributed by atoms with E-state index in [0.717, 1.165) is 40.5 Å². The largest absolute Gasteiger partial charge is 0.351 e. The average molecular weight is 392 g/mol. The summed E-state index contributed by atoms with van der Waals surface area (Å²) in [5.74, 6) is -0.0825. The third-order valence-corrected chi connectivity index (χ3v) is 5.99. The van der Waals surface area contributed by atoms with Crippen LogP contribution in [0, 0.1) is 6.92 Å². The minimum atomic E-state index is -0.0825. The molecule has 0 unspecified atom stereocenters. The molecule has 1 N–H and O–H groups in total. The molecule has 0 atom stereocenters. The molecule has 0 saturated carbocycles. The van der Waals surface area contributed by atoms with Gasteiger partial charge in [0.15, 0.2) is 0 Å². The number of nitrogens with one attached hydrogen (secondary N) is 1. The van der Waals surface area contributed by atoms with E-state index in [4.69, 9.17) is 11.6 Å². The number of carbonyl (C=O) groups excluding carboxylic acids is 1. The molecule has 1 aromatic carbocycles. The molecule has 3 aromatic rings.